The first-order chi connectivity index (χ1) is 10.0. The van der Waals surface area contributed by atoms with Gasteiger partial charge in [-0.25, -0.2) is 9.78 Å². The van der Waals surface area contributed by atoms with E-state index in [1.807, 2.05) is 44.3 Å². The number of benzene rings is 1. The number of rotatable bonds is 2. The molecule has 21 heavy (non-hydrogen) atoms. The van der Waals surface area contributed by atoms with E-state index in [1.165, 1.54) is 0 Å². The highest BCUT2D eigenvalue weighted by molar-refractivity contribution is 6.07. The van der Waals surface area contributed by atoms with Crippen molar-refractivity contribution >= 4 is 17.0 Å². The fourth-order valence-corrected chi connectivity index (χ4v) is 2.74. The van der Waals surface area contributed by atoms with Crippen LogP contribution in [0.3, 0.4) is 0 Å². The Kier molecular flexibility index (Phi) is 2.97. The van der Waals surface area contributed by atoms with Gasteiger partial charge < -0.3 is 5.11 Å². The van der Waals surface area contributed by atoms with Crippen LogP contribution in [0.2, 0.25) is 0 Å². The van der Waals surface area contributed by atoms with Gasteiger partial charge in [-0.05, 0) is 19.4 Å². The maximum absolute atomic E-state index is 11.7. The van der Waals surface area contributed by atoms with Crippen molar-refractivity contribution in [3.63, 3.8) is 0 Å². The molecule has 106 valence electrons. The van der Waals surface area contributed by atoms with Crippen LogP contribution in [0.1, 0.15) is 21.7 Å². The van der Waals surface area contributed by atoms with Gasteiger partial charge in [0.05, 0.1) is 22.3 Å². The van der Waals surface area contributed by atoms with Crippen molar-refractivity contribution in [2.75, 3.05) is 0 Å². The van der Waals surface area contributed by atoms with Crippen LogP contribution in [-0.2, 0) is 7.05 Å². The molecule has 0 fully saturated rings. The molecule has 0 radical (unpaired) electrons. The number of nitrogens with zero attached hydrogens (tertiary/aromatic N) is 3. The van der Waals surface area contributed by atoms with E-state index >= 15 is 0 Å². The molecule has 3 rings (SSSR count). The van der Waals surface area contributed by atoms with Crippen LogP contribution in [0.4, 0.5) is 0 Å². The summed E-state index contributed by atoms with van der Waals surface area (Å²) < 4.78 is 1.69. The van der Waals surface area contributed by atoms with Gasteiger partial charge in [0, 0.05) is 12.6 Å². The first-order valence-corrected chi connectivity index (χ1v) is 6.63. The fraction of sp³-hybridized carbons (Fsp3) is 0.188. The van der Waals surface area contributed by atoms with Crippen LogP contribution in [-0.4, -0.2) is 25.8 Å². The zero-order chi connectivity index (χ0) is 15.1. The van der Waals surface area contributed by atoms with Gasteiger partial charge in [0.15, 0.2) is 5.65 Å². The molecule has 0 spiro atoms. The number of carboxylic acids is 1. The van der Waals surface area contributed by atoms with Crippen LogP contribution >= 0.6 is 0 Å². The van der Waals surface area contributed by atoms with Crippen molar-refractivity contribution in [1.29, 1.82) is 0 Å². The maximum atomic E-state index is 11.7. The zero-order valence-corrected chi connectivity index (χ0v) is 12.1. The van der Waals surface area contributed by atoms with E-state index in [-0.39, 0.29) is 5.56 Å². The van der Waals surface area contributed by atoms with E-state index in [2.05, 4.69) is 10.1 Å². The molecule has 0 unspecified atom stereocenters. The molecule has 1 aromatic carbocycles. The lowest BCUT2D eigenvalue weighted by molar-refractivity contribution is 0.0696. The smallest absolute Gasteiger partial charge is 0.338 e. The number of fused-ring (bicyclic) bond motifs is 1. The summed E-state index contributed by atoms with van der Waals surface area (Å²) in [7, 11) is 1.82. The Morgan fingerprint density at radius 3 is 2.43 bits per heavy atom. The summed E-state index contributed by atoms with van der Waals surface area (Å²) in [6.45, 7) is 3.59. The molecule has 3 aromatic rings. The minimum absolute atomic E-state index is 0.241. The molecular weight excluding hydrogens is 266 g/mol. The van der Waals surface area contributed by atoms with Gasteiger partial charge in [0.1, 0.15) is 0 Å². The summed E-state index contributed by atoms with van der Waals surface area (Å²) in [5, 5.41) is 14.8. The number of aromatic nitrogens is 3. The molecule has 0 amide bonds. The molecule has 1 N–H and O–H groups in total. The third-order valence-electron chi connectivity index (χ3n) is 3.60. The highest BCUT2D eigenvalue weighted by Crippen LogP contribution is 2.34. The van der Waals surface area contributed by atoms with Gasteiger partial charge in [0.25, 0.3) is 0 Å². The second kappa shape index (κ2) is 4.70. The zero-order valence-electron chi connectivity index (χ0n) is 12.1. The average Bonchev–Trinajstić information content (AvgIpc) is 2.73. The number of carbonyl (C=O) groups is 1. The lowest BCUT2D eigenvalue weighted by Gasteiger charge is -2.11. The third kappa shape index (κ3) is 1.98. The highest BCUT2D eigenvalue weighted by atomic mass is 16.4. The summed E-state index contributed by atoms with van der Waals surface area (Å²) in [4.78, 5) is 16.1. The van der Waals surface area contributed by atoms with Crippen molar-refractivity contribution in [1.82, 2.24) is 14.8 Å². The molecule has 2 heterocycles. The van der Waals surface area contributed by atoms with Crippen molar-refractivity contribution in [2.24, 2.45) is 7.05 Å². The standard InChI is InChI=1S/C16H15N3O2/c1-9-13(16(20)21)14(11-7-5-4-6-8-11)12-10(2)18-19(3)15(12)17-9/h4-8H,1-3H3,(H,20,21). The van der Waals surface area contributed by atoms with Crippen molar-refractivity contribution in [2.45, 2.75) is 13.8 Å². The van der Waals surface area contributed by atoms with E-state index in [1.54, 1.807) is 11.6 Å². The van der Waals surface area contributed by atoms with Gasteiger partial charge in [0.2, 0.25) is 0 Å². The van der Waals surface area contributed by atoms with Gasteiger partial charge >= 0.3 is 5.97 Å². The predicted molar refractivity (Wildman–Crippen MR) is 80.4 cm³/mol. The first-order valence-electron chi connectivity index (χ1n) is 6.63. The van der Waals surface area contributed by atoms with Crippen LogP contribution in [0.25, 0.3) is 22.2 Å². The molecule has 0 aliphatic rings. The molecule has 0 aliphatic carbocycles. The number of hydrogen-bond donors (Lipinski definition) is 1. The fourth-order valence-electron chi connectivity index (χ4n) is 2.74. The Morgan fingerprint density at radius 2 is 1.81 bits per heavy atom. The minimum atomic E-state index is -0.969. The summed E-state index contributed by atoms with van der Waals surface area (Å²) in [6, 6.07) is 9.52. The number of pyridine rings is 1. The summed E-state index contributed by atoms with van der Waals surface area (Å²) >= 11 is 0. The largest absolute Gasteiger partial charge is 0.478 e. The van der Waals surface area contributed by atoms with E-state index in [4.69, 9.17) is 0 Å². The van der Waals surface area contributed by atoms with Crippen LogP contribution in [0, 0.1) is 13.8 Å². The minimum Gasteiger partial charge on any atom is -0.478 e. The SMILES string of the molecule is Cc1nc2c(c(C)nn2C)c(-c2ccccc2)c1C(=O)O. The number of aromatic carboxylic acids is 1. The average molecular weight is 281 g/mol. The number of carboxylic acid groups (broad SMARTS) is 1. The second-order valence-corrected chi connectivity index (χ2v) is 5.03. The lowest BCUT2D eigenvalue weighted by Crippen LogP contribution is -2.06. The van der Waals surface area contributed by atoms with Crippen LogP contribution < -0.4 is 0 Å². The van der Waals surface area contributed by atoms with Crippen molar-refractivity contribution < 1.29 is 9.90 Å². The Morgan fingerprint density at radius 1 is 1.14 bits per heavy atom. The molecule has 5 nitrogen and oxygen atoms in total. The van der Waals surface area contributed by atoms with Crippen LogP contribution in [0.5, 0.6) is 0 Å². The number of hydrogen-bond acceptors (Lipinski definition) is 3. The van der Waals surface area contributed by atoms with Crippen molar-refractivity contribution in [3.05, 3.63) is 47.3 Å². The van der Waals surface area contributed by atoms with E-state index in [0.717, 1.165) is 16.6 Å². The van der Waals surface area contributed by atoms with Crippen molar-refractivity contribution in [3.8, 4) is 11.1 Å². The Balaban J connectivity index is 2.54. The van der Waals surface area contributed by atoms with E-state index in [9.17, 15) is 9.90 Å². The molecule has 2 aromatic heterocycles. The topological polar surface area (TPSA) is 68.0 Å². The Hall–Kier alpha value is -2.69. The van der Waals surface area contributed by atoms with E-state index in [0.29, 0.717) is 16.9 Å². The normalized spacial score (nSPS) is 11.0. The Labute approximate surface area is 121 Å². The highest BCUT2D eigenvalue weighted by Gasteiger charge is 2.23. The number of aryl methyl sites for hydroxylation is 3. The molecule has 0 saturated carbocycles. The summed E-state index contributed by atoms with van der Waals surface area (Å²) in [5.74, 6) is -0.969. The Bertz CT molecular complexity index is 851. The summed E-state index contributed by atoms with van der Waals surface area (Å²) in [6.07, 6.45) is 0. The van der Waals surface area contributed by atoms with Gasteiger partial charge in [-0.2, -0.15) is 5.10 Å². The quantitative estimate of drug-likeness (QED) is 0.784. The molecule has 0 aliphatic heterocycles. The van der Waals surface area contributed by atoms with Crippen LogP contribution in [0.15, 0.2) is 30.3 Å². The van der Waals surface area contributed by atoms with E-state index < -0.39 is 5.97 Å². The third-order valence-corrected chi connectivity index (χ3v) is 3.60. The van der Waals surface area contributed by atoms with Gasteiger partial charge in [-0.3, -0.25) is 4.68 Å². The molecule has 0 atom stereocenters. The lowest BCUT2D eigenvalue weighted by atomic mass is 9.95. The van der Waals surface area contributed by atoms with Gasteiger partial charge in [-0.15, -0.1) is 0 Å². The summed E-state index contributed by atoms with van der Waals surface area (Å²) in [5.41, 5.74) is 3.77. The molecule has 0 bridgehead atoms. The first kappa shape index (κ1) is 13.3. The second-order valence-electron chi connectivity index (χ2n) is 5.03. The maximum Gasteiger partial charge on any atom is 0.338 e. The molecular formula is C16H15N3O2. The monoisotopic (exact) mass is 281 g/mol. The van der Waals surface area contributed by atoms with Gasteiger partial charge in [-0.1, -0.05) is 30.3 Å². The predicted octanol–water partition coefficient (Wildman–Crippen LogP) is 2.95. The molecule has 0 saturated heterocycles. The molecule has 5 heteroatoms.